The Morgan fingerprint density at radius 2 is 1.89 bits per heavy atom. The van der Waals surface area contributed by atoms with Crippen molar-refractivity contribution in [1.82, 2.24) is 5.32 Å². The molecule has 18 heavy (non-hydrogen) atoms. The first-order valence-electron chi connectivity index (χ1n) is 5.87. The highest BCUT2D eigenvalue weighted by Crippen LogP contribution is 2.36. The van der Waals surface area contributed by atoms with Crippen LogP contribution in [0.3, 0.4) is 0 Å². The van der Waals surface area contributed by atoms with E-state index in [0.29, 0.717) is 0 Å². The summed E-state index contributed by atoms with van der Waals surface area (Å²) in [5.74, 6) is -5.04. The molecule has 1 aliphatic carbocycles. The highest BCUT2D eigenvalue weighted by Gasteiger charge is 2.38. The monoisotopic (exact) mass is 265 g/mol. The molecule has 0 saturated heterocycles. The molecule has 1 rings (SSSR count). The van der Waals surface area contributed by atoms with E-state index < -0.39 is 29.8 Å². The predicted octanol–water partition coefficient (Wildman–Crippen LogP) is 0.764. The number of carboxylic acid groups (broad SMARTS) is 1. The maximum Gasteiger partial charge on any atom is 0.326 e. The van der Waals surface area contributed by atoms with Gasteiger partial charge in [0.05, 0.1) is 0 Å². The largest absolute Gasteiger partial charge is 0.480 e. The molecular weight excluding hydrogens is 248 g/mol. The lowest BCUT2D eigenvalue weighted by Crippen LogP contribution is -2.45. The van der Waals surface area contributed by atoms with Crippen molar-refractivity contribution < 1.29 is 28.6 Å². The van der Waals surface area contributed by atoms with Crippen molar-refractivity contribution in [2.24, 2.45) is 5.92 Å². The number of carboxylic acids is 1. The number of hydrogen-bond donors (Lipinski definition) is 3. The molecule has 1 amide bonds. The Labute approximate surface area is 103 Å². The zero-order valence-corrected chi connectivity index (χ0v) is 9.86. The zero-order chi connectivity index (χ0) is 13.8. The quantitative estimate of drug-likeness (QED) is 0.685. The third kappa shape index (κ3) is 4.21. The van der Waals surface area contributed by atoms with Gasteiger partial charge in [0.1, 0.15) is 6.04 Å². The summed E-state index contributed by atoms with van der Waals surface area (Å²) in [6.07, 6.45) is -0.663. The molecule has 0 aliphatic heterocycles. The molecule has 0 aromatic carbocycles. The molecule has 0 aromatic heterocycles. The first-order chi connectivity index (χ1) is 8.35. The second-order valence-electron chi connectivity index (χ2n) is 4.54. The van der Waals surface area contributed by atoms with Gasteiger partial charge in [-0.1, -0.05) is 0 Å². The van der Waals surface area contributed by atoms with Crippen LogP contribution in [0.1, 0.15) is 32.1 Å². The summed E-state index contributed by atoms with van der Waals surface area (Å²) in [5.41, 5.74) is 0. The fraction of sp³-hybridized carbons (Fsp3) is 0.818. The summed E-state index contributed by atoms with van der Waals surface area (Å²) in [7, 11) is 0. The van der Waals surface area contributed by atoms with Crippen LogP contribution in [-0.2, 0) is 9.59 Å². The van der Waals surface area contributed by atoms with Gasteiger partial charge in [0.15, 0.2) is 0 Å². The van der Waals surface area contributed by atoms with E-state index in [4.69, 9.17) is 10.2 Å². The topological polar surface area (TPSA) is 86.6 Å². The van der Waals surface area contributed by atoms with E-state index in [9.17, 15) is 18.4 Å². The summed E-state index contributed by atoms with van der Waals surface area (Å²) in [5, 5.41) is 19.7. The fourth-order valence-corrected chi connectivity index (χ4v) is 1.98. The lowest BCUT2D eigenvalue weighted by Gasteiger charge is -2.28. The first kappa shape index (κ1) is 14.8. The molecule has 0 radical (unpaired) electrons. The SMILES string of the molecule is O=C(N[C@@H](CCO)C(=O)O)C1CCC(F)(F)CC1. The number of aliphatic hydroxyl groups excluding tert-OH is 1. The number of aliphatic hydroxyl groups is 1. The highest BCUT2D eigenvalue weighted by atomic mass is 19.3. The van der Waals surface area contributed by atoms with Crippen molar-refractivity contribution in [3.8, 4) is 0 Å². The van der Waals surface area contributed by atoms with Gasteiger partial charge in [-0.25, -0.2) is 13.6 Å². The number of hydrogen-bond acceptors (Lipinski definition) is 3. The zero-order valence-electron chi connectivity index (χ0n) is 9.86. The average Bonchev–Trinajstić information content (AvgIpc) is 2.28. The van der Waals surface area contributed by atoms with E-state index in [0.717, 1.165) is 0 Å². The van der Waals surface area contributed by atoms with Crippen LogP contribution in [0.25, 0.3) is 0 Å². The number of alkyl halides is 2. The van der Waals surface area contributed by atoms with E-state index in [-0.39, 0.29) is 38.7 Å². The third-order valence-electron chi connectivity index (χ3n) is 3.12. The molecule has 7 heteroatoms. The molecule has 1 saturated carbocycles. The summed E-state index contributed by atoms with van der Waals surface area (Å²) in [6, 6.07) is -1.16. The van der Waals surface area contributed by atoms with Crippen molar-refractivity contribution in [1.29, 1.82) is 0 Å². The molecule has 0 aromatic rings. The van der Waals surface area contributed by atoms with Crippen LogP contribution >= 0.6 is 0 Å². The number of carbonyl (C=O) groups excluding carboxylic acids is 1. The summed E-state index contributed by atoms with van der Waals surface area (Å²) in [6.45, 7) is -0.361. The standard InChI is InChI=1S/C11H17F2NO4/c12-11(13)4-1-7(2-5-11)9(16)14-8(3-6-15)10(17)18/h7-8,15H,1-6H2,(H,14,16)(H,17,18)/t8-/m0/s1. The number of rotatable bonds is 5. The molecule has 3 N–H and O–H groups in total. The van der Waals surface area contributed by atoms with E-state index >= 15 is 0 Å². The molecule has 1 aliphatic rings. The van der Waals surface area contributed by atoms with Crippen molar-refractivity contribution >= 4 is 11.9 Å². The van der Waals surface area contributed by atoms with Crippen molar-refractivity contribution in [3.05, 3.63) is 0 Å². The number of nitrogens with one attached hydrogen (secondary N) is 1. The Morgan fingerprint density at radius 1 is 1.33 bits per heavy atom. The number of halogens is 2. The smallest absolute Gasteiger partial charge is 0.326 e. The van der Waals surface area contributed by atoms with Crippen molar-refractivity contribution in [2.45, 2.75) is 44.1 Å². The van der Waals surface area contributed by atoms with Crippen LogP contribution < -0.4 is 5.32 Å². The molecule has 0 heterocycles. The second kappa shape index (κ2) is 6.08. The van der Waals surface area contributed by atoms with Gasteiger partial charge in [-0.2, -0.15) is 0 Å². The van der Waals surface area contributed by atoms with E-state index in [1.807, 2.05) is 0 Å². The Hall–Kier alpha value is -1.24. The van der Waals surface area contributed by atoms with Gasteiger partial charge < -0.3 is 15.5 Å². The number of amides is 1. The highest BCUT2D eigenvalue weighted by molar-refractivity contribution is 5.85. The molecule has 5 nitrogen and oxygen atoms in total. The van der Waals surface area contributed by atoms with E-state index in [2.05, 4.69) is 5.32 Å². The van der Waals surface area contributed by atoms with Gasteiger partial charge in [0, 0.05) is 31.8 Å². The summed E-state index contributed by atoms with van der Waals surface area (Å²) >= 11 is 0. The Bertz CT molecular complexity index is 312. The molecule has 0 bridgehead atoms. The van der Waals surface area contributed by atoms with Gasteiger partial charge >= 0.3 is 5.97 Å². The molecule has 104 valence electrons. The normalized spacial score (nSPS) is 21.3. The maximum atomic E-state index is 12.9. The fourth-order valence-electron chi connectivity index (χ4n) is 1.98. The number of aliphatic carboxylic acids is 1. The van der Waals surface area contributed by atoms with Crippen LogP contribution in [0.5, 0.6) is 0 Å². The van der Waals surface area contributed by atoms with Gasteiger partial charge in [0.25, 0.3) is 0 Å². The van der Waals surface area contributed by atoms with Crippen LogP contribution in [0, 0.1) is 5.92 Å². The minimum absolute atomic E-state index is 0.0598. The molecule has 1 atom stereocenters. The third-order valence-corrected chi connectivity index (χ3v) is 3.12. The molecular formula is C11H17F2NO4. The van der Waals surface area contributed by atoms with Gasteiger partial charge in [-0.05, 0) is 12.8 Å². The Balaban J connectivity index is 2.47. The van der Waals surface area contributed by atoms with Crippen LogP contribution in [-0.4, -0.2) is 40.7 Å². The average molecular weight is 265 g/mol. The van der Waals surface area contributed by atoms with Crippen LogP contribution in [0.4, 0.5) is 8.78 Å². The van der Waals surface area contributed by atoms with Crippen LogP contribution in [0.15, 0.2) is 0 Å². The Morgan fingerprint density at radius 3 is 2.33 bits per heavy atom. The van der Waals surface area contributed by atoms with E-state index in [1.54, 1.807) is 0 Å². The van der Waals surface area contributed by atoms with Gasteiger partial charge in [-0.15, -0.1) is 0 Å². The second-order valence-corrected chi connectivity index (χ2v) is 4.54. The van der Waals surface area contributed by atoms with Crippen molar-refractivity contribution in [2.75, 3.05) is 6.61 Å². The minimum atomic E-state index is -2.71. The summed E-state index contributed by atoms with van der Waals surface area (Å²) in [4.78, 5) is 22.5. The molecule has 0 spiro atoms. The lowest BCUT2D eigenvalue weighted by atomic mass is 9.86. The van der Waals surface area contributed by atoms with Gasteiger partial charge in [-0.3, -0.25) is 4.79 Å². The van der Waals surface area contributed by atoms with E-state index in [1.165, 1.54) is 0 Å². The molecule has 1 fully saturated rings. The summed E-state index contributed by atoms with van der Waals surface area (Å²) < 4.78 is 25.8. The Kier molecular flexibility index (Phi) is 5.01. The van der Waals surface area contributed by atoms with Gasteiger partial charge in [0.2, 0.25) is 11.8 Å². The van der Waals surface area contributed by atoms with Crippen molar-refractivity contribution in [3.63, 3.8) is 0 Å². The molecule has 0 unspecified atom stereocenters. The predicted molar refractivity (Wildman–Crippen MR) is 58.2 cm³/mol. The lowest BCUT2D eigenvalue weighted by molar-refractivity contribution is -0.143. The van der Waals surface area contributed by atoms with Crippen LogP contribution in [0.2, 0.25) is 0 Å². The first-order valence-corrected chi connectivity index (χ1v) is 5.87. The minimum Gasteiger partial charge on any atom is -0.480 e. The number of carbonyl (C=O) groups is 2. The maximum absolute atomic E-state index is 12.9.